The van der Waals surface area contributed by atoms with Crippen molar-refractivity contribution in [2.45, 2.75) is 57.9 Å². The highest BCUT2D eigenvalue weighted by Crippen LogP contribution is 2.39. The third kappa shape index (κ3) is 6.94. The topological polar surface area (TPSA) is 73.0 Å². The van der Waals surface area contributed by atoms with E-state index >= 15 is 0 Å². The molecule has 2 aliphatic heterocycles. The van der Waals surface area contributed by atoms with Gasteiger partial charge in [0, 0.05) is 59.6 Å². The summed E-state index contributed by atoms with van der Waals surface area (Å²) >= 11 is 6.47. The first-order valence-electron chi connectivity index (χ1n) is 15.2. The van der Waals surface area contributed by atoms with E-state index in [2.05, 4.69) is 24.3 Å². The van der Waals surface area contributed by atoms with Crippen LogP contribution < -0.4 is 10.2 Å². The molecular formula is C35H41ClN4O3. The summed E-state index contributed by atoms with van der Waals surface area (Å²) in [6, 6.07) is 19.0. The van der Waals surface area contributed by atoms with E-state index in [1.807, 2.05) is 66.1 Å². The maximum absolute atomic E-state index is 14.0. The number of hydrogen-bond donors (Lipinski definition) is 1. The molecule has 1 saturated heterocycles. The Hall–Kier alpha value is -3.68. The number of nitrogens with one attached hydrogen (secondary N) is 1. The molecule has 1 fully saturated rings. The molecule has 2 heterocycles. The Bertz CT molecular complexity index is 1510. The maximum Gasteiger partial charge on any atom is 0.258 e. The average Bonchev–Trinajstić information content (AvgIpc) is 3.16. The molecule has 3 aromatic carbocycles. The number of likely N-dealkylation sites (tertiary alicyclic amines) is 1. The third-order valence-electron chi connectivity index (χ3n) is 8.97. The minimum atomic E-state index is -0.183. The summed E-state index contributed by atoms with van der Waals surface area (Å²) in [5.41, 5.74) is 5.28. The van der Waals surface area contributed by atoms with Crippen molar-refractivity contribution in [2.75, 3.05) is 43.9 Å². The molecule has 1 atom stereocenters. The fourth-order valence-electron chi connectivity index (χ4n) is 6.42. The van der Waals surface area contributed by atoms with Crippen LogP contribution in [0.5, 0.6) is 0 Å². The quantitative estimate of drug-likeness (QED) is 0.343. The summed E-state index contributed by atoms with van der Waals surface area (Å²) in [5.74, 6) is -0.120. The van der Waals surface area contributed by atoms with Gasteiger partial charge in [0.15, 0.2) is 0 Å². The minimum absolute atomic E-state index is 0.00861. The van der Waals surface area contributed by atoms with Crippen LogP contribution in [0.25, 0.3) is 0 Å². The molecule has 3 aromatic rings. The number of amides is 3. The summed E-state index contributed by atoms with van der Waals surface area (Å²) < 4.78 is 0. The van der Waals surface area contributed by atoms with E-state index in [1.54, 1.807) is 18.2 Å². The van der Waals surface area contributed by atoms with Crippen molar-refractivity contribution in [2.24, 2.45) is 0 Å². The Labute approximate surface area is 259 Å². The van der Waals surface area contributed by atoms with Crippen molar-refractivity contribution in [3.8, 4) is 0 Å². The van der Waals surface area contributed by atoms with Gasteiger partial charge in [-0.25, -0.2) is 0 Å². The third-order valence-corrected chi connectivity index (χ3v) is 9.21. The maximum atomic E-state index is 14.0. The van der Waals surface area contributed by atoms with Crippen LogP contribution in [0.15, 0.2) is 60.7 Å². The lowest BCUT2D eigenvalue weighted by molar-refractivity contribution is -0.133. The molecule has 0 saturated carbocycles. The summed E-state index contributed by atoms with van der Waals surface area (Å²) in [6.45, 7) is 5.91. The van der Waals surface area contributed by atoms with Crippen molar-refractivity contribution in [1.82, 2.24) is 9.80 Å². The lowest BCUT2D eigenvalue weighted by Crippen LogP contribution is -2.44. The number of fused-ring (bicyclic) bond motifs is 1. The Morgan fingerprint density at radius 1 is 0.884 bits per heavy atom. The zero-order valence-corrected chi connectivity index (χ0v) is 26.3. The second-order valence-corrected chi connectivity index (χ2v) is 12.5. The lowest BCUT2D eigenvalue weighted by atomic mass is 9.90. The molecule has 226 valence electrons. The summed E-state index contributed by atoms with van der Waals surface area (Å²) in [6.07, 6.45) is 3.97. The van der Waals surface area contributed by atoms with Gasteiger partial charge in [-0.2, -0.15) is 0 Å². The fraction of sp³-hybridized carbons (Fsp3) is 0.400. The number of halogens is 1. The standard InChI is InChI=1S/C35H41ClN4O3/c1-23-8-5-6-10-29(23)34(42)37-27-12-13-30(24(2)20-27)35(43)40-17-7-9-25(31-22-26(36)11-14-32(31)40)21-33(41)39-18-15-28(16-19-39)38(3)4/h5-6,8,10-14,20,22,25,28H,7,9,15-19,21H2,1-4H3,(H,37,42). The first-order chi connectivity index (χ1) is 20.6. The SMILES string of the molecule is Cc1ccccc1C(=O)Nc1ccc(C(=O)N2CCCC(CC(=O)N3CCC(N(C)C)CC3)c3cc(Cl)ccc32)c(C)c1. The van der Waals surface area contributed by atoms with Crippen molar-refractivity contribution < 1.29 is 14.4 Å². The van der Waals surface area contributed by atoms with Crippen LogP contribution in [0.4, 0.5) is 11.4 Å². The summed E-state index contributed by atoms with van der Waals surface area (Å²) in [5, 5.41) is 3.56. The fourth-order valence-corrected chi connectivity index (χ4v) is 6.60. The molecule has 2 aliphatic rings. The van der Waals surface area contributed by atoms with Crippen LogP contribution in [-0.2, 0) is 4.79 Å². The van der Waals surface area contributed by atoms with Crippen molar-refractivity contribution in [3.63, 3.8) is 0 Å². The van der Waals surface area contributed by atoms with E-state index < -0.39 is 0 Å². The largest absolute Gasteiger partial charge is 0.343 e. The zero-order valence-electron chi connectivity index (χ0n) is 25.5. The Morgan fingerprint density at radius 3 is 2.33 bits per heavy atom. The monoisotopic (exact) mass is 600 g/mol. The Morgan fingerprint density at radius 2 is 1.63 bits per heavy atom. The van der Waals surface area contributed by atoms with Gasteiger partial charge >= 0.3 is 0 Å². The number of anilines is 2. The Balaban J connectivity index is 1.33. The lowest BCUT2D eigenvalue weighted by Gasteiger charge is -2.36. The first-order valence-corrected chi connectivity index (χ1v) is 15.5. The van der Waals surface area contributed by atoms with Gasteiger partial charge in [0.25, 0.3) is 11.8 Å². The molecule has 3 amide bonds. The predicted molar refractivity (Wildman–Crippen MR) is 173 cm³/mol. The van der Waals surface area contributed by atoms with Crippen LogP contribution in [-0.4, -0.2) is 67.3 Å². The van der Waals surface area contributed by atoms with E-state index in [4.69, 9.17) is 11.6 Å². The highest BCUT2D eigenvalue weighted by Gasteiger charge is 2.31. The molecule has 0 bridgehead atoms. The van der Waals surface area contributed by atoms with Crippen LogP contribution in [0.2, 0.25) is 5.02 Å². The Kier molecular flexibility index (Phi) is 9.52. The van der Waals surface area contributed by atoms with Crippen LogP contribution in [0.3, 0.4) is 0 Å². The molecule has 8 heteroatoms. The number of piperidine rings is 1. The highest BCUT2D eigenvalue weighted by atomic mass is 35.5. The predicted octanol–water partition coefficient (Wildman–Crippen LogP) is 6.68. The van der Waals surface area contributed by atoms with Gasteiger partial charge in [0.1, 0.15) is 0 Å². The van der Waals surface area contributed by atoms with Crippen molar-refractivity contribution in [3.05, 3.63) is 93.5 Å². The van der Waals surface area contributed by atoms with E-state index in [1.165, 1.54) is 0 Å². The van der Waals surface area contributed by atoms with E-state index in [9.17, 15) is 14.4 Å². The molecule has 0 aromatic heterocycles. The number of carbonyl (C=O) groups is 3. The molecule has 5 rings (SSSR count). The molecule has 1 N–H and O–H groups in total. The van der Waals surface area contributed by atoms with E-state index in [-0.39, 0.29) is 23.6 Å². The van der Waals surface area contributed by atoms with Crippen LogP contribution in [0.1, 0.15) is 75.4 Å². The van der Waals surface area contributed by atoms with Crippen LogP contribution >= 0.6 is 11.6 Å². The van der Waals surface area contributed by atoms with Crippen molar-refractivity contribution >= 4 is 40.7 Å². The van der Waals surface area contributed by atoms with Gasteiger partial charge in [0.2, 0.25) is 5.91 Å². The number of carbonyl (C=O) groups excluding carboxylic acids is 3. The molecule has 0 radical (unpaired) electrons. The number of hydrogen-bond acceptors (Lipinski definition) is 4. The zero-order chi connectivity index (χ0) is 30.7. The number of rotatable bonds is 6. The normalized spacial score (nSPS) is 17.4. The van der Waals surface area contributed by atoms with E-state index in [0.717, 1.165) is 61.2 Å². The highest BCUT2D eigenvalue weighted by molar-refractivity contribution is 6.30. The number of aryl methyl sites for hydroxylation is 2. The van der Waals surface area contributed by atoms with Gasteiger partial charge in [-0.3, -0.25) is 14.4 Å². The van der Waals surface area contributed by atoms with Gasteiger partial charge in [0.05, 0.1) is 0 Å². The second-order valence-electron chi connectivity index (χ2n) is 12.1. The summed E-state index contributed by atoms with van der Waals surface area (Å²) in [4.78, 5) is 46.3. The molecule has 7 nitrogen and oxygen atoms in total. The number of benzene rings is 3. The smallest absolute Gasteiger partial charge is 0.258 e. The minimum Gasteiger partial charge on any atom is -0.343 e. The van der Waals surface area contributed by atoms with Crippen LogP contribution in [0, 0.1) is 13.8 Å². The average molecular weight is 601 g/mol. The molecule has 1 unspecified atom stereocenters. The molecule has 0 aliphatic carbocycles. The number of nitrogens with zero attached hydrogens (tertiary/aromatic N) is 3. The van der Waals surface area contributed by atoms with Gasteiger partial charge < -0.3 is 20.0 Å². The second kappa shape index (κ2) is 13.3. The molecule has 0 spiro atoms. The van der Waals surface area contributed by atoms with Crippen molar-refractivity contribution in [1.29, 1.82) is 0 Å². The molecule has 43 heavy (non-hydrogen) atoms. The molecular weight excluding hydrogens is 560 g/mol. The van der Waals surface area contributed by atoms with Gasteiger partial charge in [-0.1, -0.05) is 29.8 Å². The van der Waals surface area contributed by atoms with Gasteiger partial charge in [-0.05, 0) is 119 Å². The van der Waals surface area contributed by atoms with Gasteiger partial charge in [-0.15, -0.1) is 0 Å². The van der Waals surface area contributed by atoms with E-state index in [0.29, 0.717) is 40.8 Å². The summed E-state index contributed by atoms with van der Waals surface area (Å²) in [7, 11) is 4.20. The first kappa shape index (κ1) is 30.8.